The molecule has 2 heterocycles. The lowest BCUT2D eigenvalue weighted by molar-refractivity contribution is -0.116. The molecule has 0 unspecified atom stereocenters. The van der Waals surface area contributed by atoms with Gasteiger partial charge in [-0.1, -0.05) is 6.07 Å². The molecule has 1 aromatic heterocycles. The number of amides is 1. The van der Waals surface area contributed by atoms with E-state index in [4.69, 9.17) is 9.47 Å². The SMILES string of the molecule is COc1ccc(Nc2ccc3cc(C(=O)N4CCC(=O)C4)n(CC(=O)c4ccc(OC)cc4)c3c2)cc1. The van der Waals surface area contributed by atoms with Gasteiger partial charge >= 0.3 is 0 Å². The minimum absolute atomic E-state index is 0.0231. The predicted molar refractivity (Wildman–Crippen MR) is 141 cm³/mol. The molecule has 0 bridgehead atoms. The van der Waals surface area contributed by atoms with Gasteiger partial charge in [0.2, 0.25) is 0 Å². The summed E-state index contributed by atoms with van der Waals surface area (Å²) in [5.74, 6) is 1.06. The van der Waals surface area contributed by atoms with E-state index in [1.165, 1.54) is 0 Å². The van der Waals surface area contributed by atoms with Crippen molar-refractivity contribution in [1.82, 2.24) is 9.47 Å². The highest BCUT2D eigenvalue weighted by Crippen LogP contribution is 2.28. The van der Waals surface area contributed by atoms with E-state index < -0.39 is 0 Å². The van der Waals surface area contributed by atoms with Crippen molar-refractivity contribution in [3.8, 4) is 11.5 Å². The summed E-state index contributed by atoms with van der Waals surface area (Å²) in [4.78, 5) is 40.1. The molecule has 37 heavy (non-hydrogen) atoms. The number of nitrogens with one attached hydrogen (secondary N) is 1. The van der Waals surface area contributed by atoms with Crippen LogP contribution in [0.1, 0.15) is 27.3 Å². The molecule has 1 aliphatic heterocycles. The van der Waals surface area contributed by atoms with Crippen molar-refractivity contribution in [3.05, 3.63) is 84.1 Å². The number of fused-ring (bicyclic) bond motifs is 1. The number of ether oxygens (including phenoxy) is 2. The quantitative estimate of drug-likeness (QED) is 0.355. The largest absolute Gasteiger partial charge is 0.497 e. The summed E-state index contributed by atoms with van der Waals surface area (Å²) in [5.41, 5.74) is 3.33. The zero-order chi connectivity index (χ0) is 25.9. The summed E-state index contributed by atoms with van der Waals surface area (Å²) in [6, 6.07) is 22.0. The number of carbonyl (C=O) groups excluding carboxylic acids is 3. The third kappa shape index (κ3) is 5.04. The molecule has 188 valence electrons. The van der Waals surface area contributed by atoms with Crippen LogP contribution < -0.4 is 14.8 Å². The maximum Gasteiger partial charge on any atom is 0.270 e. The van der Waals surface area contributed by atoms with Crippen LogP contribution in [0.15, 0.2) is 72.8 Å². The first-order valence-electron chi connectivity index (χ1n) is 12.0. The molecule has 0 atom stereocenters. The molecule has 8 heteroatoms. The summed E-state index contributed by atoms with van der Waals surface area (Å²) in [6.45, 7) is 0.456. The molecular formula is C29H27N3O5. The van der Waals surface area contributed by atoms with E-state index in [9.17, 15) is 14.4 Å². The molecule has 0 radical (unpaired) electrons. The molecular weight excluding hydrogens is 470 g/mol. The first-order valence-corrected chi connectivity index (χ1v) is 12.0. The number of aromatic nitrogens is 1. The second-order valence-electron chi connectivity index (χ2n) is 8.91. The van der Waals surface area contributed by atoms with Crippen LogP contribution in [0.5, 0.6) is 11.5 Å². The van der Waals surface area contributed by atoms with Gasteiger partial charge in [-0.25, -0.2) is 0 Å². The van der Waals surface area contributed by atoms with Crippen LogP contribution >= 0.6 is 0 Å². The zero-order valence-corrected chi connectivity index (χ0v) is 20.7. The predicted octanol–water partition coefficient (Wildman–Crippen LogP) is 4.70. The Morgan fingerprint density at radius 1 is 0.865 bits per heavy atom. The van der Waals surface area contributed by atoms with Crippen molar-refractivity contribution in [1.29, 1.82) is 0 Å². The Hall–Kier alpha value is -4.59. The highest BCUT2D eigenvalue weighted by atomic mass is 16.5. The van der Waals surface area contributed by atoms with Crippen LogP contribution in [0.2, 0.25) is 0 Å². The second-order valence-corrected chi connectivity index (χ2v) is 8.91. The molecule has 0 saturated carbocycles. The Balaban J connectivity index is 1.51. The maximum atomic E-state index is 13.4. The molecule has 5 rings (SSSR count). The molecule has 8 nitrogen and oxygen atoms in total. The number of hydrogen-bond donors (Lipinski definition) is 1. The number of ketones is 2. The first kappa shape index (κ1) is 24.1. The number of Topliss-reactive ketones (excluding diaryl/α,β-unsaturated/α-hetero) is 2. The third-order valence-corrected chi connectivity index (χ3v) is 6.53. The van der Waals surface area contributed by atoms with E-state index in [0.29, 0.717) is 30.0 Å². The molecule has 1 aliphatic rings. The Kier molecular flexibility index (Phi) is 6.64. The van der Waals surface area contributed by atoms with Crippen molar-refractivity contribution in [3.63, 3.8) is 0 Å². The standard InChI is InChI=1S/C29H27N3O5/c1-36-24-9-4-19(5-10-24)28(34)18-32-26-16-22(30-21-7-11-25(37-2)12-8-21)6-3-20(26)15-27(32)29(35)31-14-13-23(33)17-31/h3-12,15-16,30H,13-14,17-18H2,1-2H3. The van der Waals surface area contributed by atoms with E-state index >= 15 is 0 Å². The summed E-state index contributed by atoms with van der Waals surface area (Å²) >= 11 is 0. The highest BCUT2D eigenvalue weighted by molar-refractivity contribution is 6.04. The van der Waals surface area contributed by atoms with Gasteiger partial charge in [-0.3, -0.25) is 14.4 Å². The second kappa shape index (κ2) is 10.2. The Labute approximate surface area is 214 Å². The van der Waals surface area contributed by atoms with Crippen molar-refractivity contribution in [2.24, 2.45) is 0 Å². The van der Waals surface area contributed by atoms with Crippen molar-refractivity contribution in [2.75, 3.05) is 32.6 Å². The fourth-order valence-corrected chi connectivity index (χ4v) is 4.50. The molecule has 0 spiro atoms. The normalized spacial score (nSPS) is 13.1. The molecule has 3 aromatic carbocycles. The number of hydrogen-bond acceptors (Lipinski definition) is 6. The first-order chi connectivity index (χ1) is 17.9. The summed E-state index contributed by atoms with van der Waals surface area (Å²) in [7, 11) is 3.19. The van der Waals surface area contributed by atoms with Gasteiger partial charge in [-0.15, -0.1) is 0 Å². The van der Waals surface area contributed by atoms with E-state index in [1.807, 2.05) is 42.5 Å². The van der Waals surface area contributed by atoms with E-state index in [-0.39, 0.29) is 30.6 Å². The van der Waals surface area contributed by atoms with Gasteiger partial charge in [0.1, 0.15) is 17.2 Å². The van der Waals surface area contributed by atoms with Gasteiger partial charge in [0, 0.05) is 35.3 Å². The number of nitrogens with zero attached hydrogens (tertiary/aromatic N) is 2. The molecule has 1 fully saturated rings. The average molecular weight is 498 g/mol. The summed E-state index contributed by atoms with van der Waals surface area (Å²) < 4.78 is 12.2. The van der Waals surface area contributed by atoms with E-state index in [2.05, 4.69) is 5.32 Å². The third-order valence-electron chi connectivity index (χ3n) is 6.53. The summed E-state index contributed by atoms with van der Waals surface area (Å²) in [6.07, 6.45) is 0.354. The minimum atomic E-state index is -0.255. The highest BCUT2D eigenvalue weighted by Gasteiger charge is 2.28. The lowest BCUT2D eigenvalue weighted by Gasteiger charge is -2.17. The van der Waals surface area contributed by atoms with E-state index in [0.717, 1.165) is 28.0 Å². The van der Waals surface area contributed by atoms with Crippen LogP contribution in [0.3, 0.4) is 0 Å². The van der Waals surface area contributed by atoms with Gasteiger partial charge in [0.25, 0.3) is 5.91 Å². The fourth-order valence-electron chi connectivity index (χ4n) is 4.50. The van der Waals surface area contributed by atoms with Crippen LogP contribution in [-0.2, 0) is 11.3 Å². The fraction of sp³-hybridized carbons (Fsp3) is 0.207. The number of rotatable bonds is 8. The number of carbonyl (C=O) groups is 3. The lowest BCUT2D eigenvalue weighted by Crippen LogP contribution is -2.31. The lowest BCUT2D eigenvalue weighted by atomic mass is 10.1. The van der Waals surface area contributed by atoms with Gasteiger partial charge in [-0.2, -0.15) is 0 Å². The minimum Gasteiger partial charge on any atom is -0.497 e. The van der Waals surface area contributed by atoms with Gasteiger partial charge in [0.05, 0.1) is 32.8 Å². The maximum absolute atomic E-state index is 13.4. The van der Waals surface area contributed by atoms with Crippen molar-refractivity contribution >= 4 is 39.8 Å². The van der Waals surface area contributed by atoms with Crippen LogP contribution in [0.25, 0.3) is 10.9 Å². The topological polar surface area (TPSA) is 89.9 Å². The zero-order valence-electron chi connectivity index (χ0n) is 20.7. The molecule has 0 aliphatic carbocycles. The Morgan fingerprint density at radius 2 is 1.51 bits per heavy atom. The van der Waals surface area contributed by atoms with Crippen LogP contribution in [-0.4, -0.2) is 54.2 Å². The van der Waals surface area contributed by atoms with Crippen LogP contribution in [0.4, 0.5) is 11.4 Å². The molecule has 1 saturated heterocycles. The number of methoxy groups -OCH3 is 2. The molecule has 1 amide bonds. The van der Waals surface area contributed by atoms with Crippen molar-refractivity contribution < 1.29 is 23.9 Å². The van der Waals surface area contributed by atoms with Gasteiger partial charge in [-0.05, 0) is 66.7 Å². The number of likely N-dealkylation sites (tertiary alicyclic amines) is 1. The smallest absolute Gasteiger partial charge is 0.270 e. The van der Waals surface area contributed by atoms with Gasteiger partial charge in [0.15, 0.2) is 11.6 Å². The molecule has 1 N–H and O–H groups in total. The molecule has 4 aromatic rings. The monoisotopic (exact) mass is 497 g/mol. The van der Waals surface area contributed by atoms with Crippen molar-refractivity contribution in [2.45, 2.75) is 13.0 Å². The Morgan fingerprint density at radius 3 is 2.14 bits per heavy atom. The average Bonchev–Trinajstić information content (AvgIpc) is 3.52. The van der Waals surface area contributed by atoms with Gasteiger partial charge < -0.3 is 24.3 Å². The van der Waals surface area contributed by atoms with Crippen LogP contribution in [0, 0.1) is 0 Å². The summed E-state index contributed by atoms with van der Waals surface area (Å²) in [5, 5.41) is 4.19. The Bertz CT molecular complexity index is 1470. The number of anilines is 2. The van der Waals surface area contributed by atoms with E-state index in [1.54, 1.807) is 54.0 Å². The number of benzene rings is 3.